The summed E-state index contributed by atoms with van der Waals surface area (Å²) < 4.78 is 11.0. The first-order chi connectivity index (χ1) is 11.3. The summed E-state index contributed by atoms with van der Waals surface area (Å²) in [5.41, 5.74) is 0. The molecule has 1 amide bonds. The minimum atomic E-state index is 0.0895. The maximum atomic E-state index is 12.1. The van der Waals surface area contributed by atoms with E-state index < -0.39 is 0 Å². The van der Waals surface area contributed by atoms with Gasteiger partial charge < -0.3 is 19.7 Å². The summed E-state index contributed by atoms with van der Waals surface area (Å²) in [5, 5.41) is 3.38. The lowest BCUT2D eigenvalue weighted by molar-refractivity contribution is -0.137. The predicted molar refractivity (Wildman–Crippen MR) is 90.6 cm³/mol. The number of likely N-dealkylation sites (tertiary alicyclic amines) is 1. The Morgan fingerprint density at radius 3 is 2.65 bits per heavy atom. The van der Waals surface area contributed by atoms with Gasteiger partial charge >= 0.3 is 0 Å². The van der Waals surface area contributed by atoms with Gasteiger partial charge in [-0.2, -0.15) is 0 Å². The van der Waals surface area contributed by atoms with Crippen LogP contribution in [0.15, 0.2) is 30.3 Å². The van der Waals surface area contributed by atoms with Crippen LogP contribution in [-0.4, -0.2) is 56.8 Å². The molecule has 1 fully saturated rings. The van der Waals surface area contributed by atoms with Crippen LogP contribution in [0.4, 0.5) is 0 Å². The Kier molecular flexibility index (Phi) is 7.90. The van der Waals surface area contributed by atoms with Crippen molar-refractivity contribution in [2.45, 2.75) is 19.8 Å². The monoisotopic (exact) mass is 320 g/mol. The number of hydrogen-bond donors (Lipinski definition) is 1. The molecule has 0 radical (unpaired) electrons. The van der Waals surface area contributed by atoms with Crippen molar-refractivity contribution in [2.75, 3.05) is 46.0 Å². The normalized spacial score (nSPS) is 15.6. The van der Waals surface area contributed by atoms with E-state index in [4.69, 9.17) is 9.47 Å². The number of nitrogens with zero attached hydrogens (tertiary/aromatic N) is 1. The fourth-order valence-corrected chi connectivity index (χ4v) is 2.72. The average Bonchev–Trinajstić information content (AvgIpc) is 2.61. The molecule has 1 aromatic rings. The Bertz CT molecular complexity index is 445. The standard InChI is InChI=1S/C18H28N2O3/c1-2-19-14-16-8-10-20(11-9-16)18(21)15-22-12-13-23-17-6-4-3-5-7-17/h3-7,16,19H,2,8-15H2,1H3. The molecular weight excluding hydrogens is 292 g/mol. The number of ether oxygens (including phenoxy) is 2. The highest BCUT2D eigenvalue weighted by Crippen LogP contribution is 2.16. The third-order valence-corrected chi connectivity index (χ3v) is 4.12. The fraction of sp³-hybridized carbons (Fsp3) is 0.611. The minimum absolute atomic E-state index is 0.0895. The topological polar surface area (TPSA) is 50.8 Å². The lowest BCUT2D eigenvalue weighted by Crippen LogP contribution is -2.42. The largest absolute Gasteiger partial charge is 0.491 e. The molecule has 1 heterocycles. The number of amides is 1. The van der Waals surface area contributed by atoms with Crippen LogP contribution in [0.25, 0.3) is 0 Å². The SMILES string of the molecule is CCNCC1CCN(C(=O)COCCOc2ccccc2)CC1. The van der Waals surface area contributed by atoms with E-state index in [-0.39, 0.29) is 12.5 Å². The highest BCUT2D eigenvalue weighted by Gasteiger charge is 2.22. The van der Waals surface area contributed by atoms with Gasteiger partial charge in [0.15, 0.2) is 0 Å². The average molecular weight is 320 g/mol. The third-order valence-electron chi connectivity index (χ3n) is 4.12. The molecule has 2 rings (SSSR count). The van der Waals surface area contributed by atoms with Gasteiger partial charge in [0.2, 0.25) is 5.91 Å². The van der Waals surface area contributed by atoms with E-state index in [0.29, 0.717) is 19.1 Å². The van der Waals surface area contributed by atoms with Gasteiger partial charge in [-0.1, -0.05) is 25.1 Å². The zero-order valence-corrected chi connectivity index (χ0v) is 14.0. The molecule has 5 heteroatoms. The minimum Gasteiger partial charge on any atom is -0.491 e. The summed E-state index contributed by atoms with van der Waals surface area (Å²) in [7, 11) is 0. The van der Waals surface area contributed by atoms with Crippen molar-refractivity contribution in [3.63, 3.8) is 0 Å². The Balaban J connectivity index is 1.53. The lowest BCUT2D eigenvalue weighted by Gasteiger charge is -2.32. The van der Waals surface area contributed by atoms with Crippen molar-refractivity contribution >= 4 is 5.91 Å². The van der Waals surface area contributed by atoms with Gasteiger partial charge in [0.1, 0.15) is 19.0 Å². The number of rotatable bonds is 9. The van der Waals surface area contributed by atoms with Crippen molar-refractivity contribution in [2.24, 2.45) is 5.92 Å². The Morgan fingerprint density at radius 2 is 1.96 bits per heavy atom. The van der Waals surface area contributed by atoms with Gasteiger partial charge in [0.25, 0.3) is 0 Å². The first-order valence-corrected chi connectivity index (χ1v) is 8.53. The summed E-state index contributed by atoms with van der Waals surface area (Å²) in [6.07, 6.45) is 2.16. The zero-order valence-electron chi connectivity index (χ0n) is 14.0. The number of hydrogen-bond acceptors (Lipinski definition) is 4. The molecule has 1 N–H and O–H groups in total. The second-order valence-corrected chi connectivity index (χ2v) is 5.85. The molecule has 5 nitrogen and oxygen atoms in total. The summed E-state index contributed by atoms with van der Waals surface area (Å²) in [5.74, 6) is 1.61. The Morgan fingerprint density at radius 1 is 1.22 bits per heavy atom. The number of carbonyl (C=O) groups excluding carboxylic acids is 1. The van der Waals surface area contributed by atoms with Crippen molar-refractivity contribution in [3.8, 4) is 5.75 Å². The van der Waals surface area contributed by atoms with Crippen LogP contribution >= 0.6 is 0 Å². The van der Waals surface area contributed by atoms with E-state index in [9.17, 15) is 4.79 Å². The van der Waals surface area contributed by atoms with Crippen LogP contribution in [0, 0.1) is 5.92 Å². The number of piperidine rings is 1. The maximum absolute atomic E-state index is 12.1. The second kappa shape index (κ2) is 10.2. The molecule has 1 aliphatic heterocycles. The van der Waals surface area contributed by atoms with E-state index in [1.807, 2.05) is 35.2 Å². The van der Waals surface area contributed by atoms with Crippen LogP contribution in [0.2, 0.25) is 0 Å². The molecule has 0 aromatic heterocycles. The van der Waals surface area contributed by atoms with Gasteiger partial charge in [-0.3, -0.25) is 4.79 Å². The van der Waals surface area contributed by atoms with Gasteiger partial charge in [-0.05, 0) is 44.0 Å². The van der Waals surface area contributed by atoms with Gasteiger partial charge in [-0.25, -0.2) is 0 Å². The molecule has 0 atom stereocenters. The number of benzene rings is 1. The van der Waals surface area contributed by atoms with E-state index in [0.717, 1.165) is 44.8 Å². The van der Waals surface area contributed by atoms with Gasteiger partial charge in [-0.15, -0.1) is 0 Å². The molecule has 1 saturated heterocycles. The highest BCUT2D eigenvalue weighted by atomic mass is 16.5. The van der Waals surface area contributed by atoms with Gasteiger partial charge in [0, 0.05) is 13.1 Å². The Hall–Kier alpha value is -1.59. The molecule has 0 bridgehead atoms. The smallest absolute Gasteiger partial charge is 0.248 e. The summed E-state index contributed by atoms with van der Waals surface area (Å²) in [4.78, 5) is 14.0. The van der Waals surface area contributed by atoms with Crippen molar-refractivity contribution in [1.29, 1.82) is 0 Å². The van der Waals surface area contributed by atoms with E-state index in [1.165, 1.54) is 0 Å². The fourth-order valence-electron chi connectivity index (χ4n) is 2.72. The first-order valence-electron chi connectivity index (χ1n) is 8.53. The molecule has 0 saturated carbocycles. The molecule has 128 valence electrons. The summed E-state index contributed by atoms with van der Waals surface area (Å²) >= 11 is 0. The maximum Gasteiger partial charge on any atom is 0.248 e. The van der Waals surface area contributed by atoms with Crippen LogP contribution in [-0.2, 0) is 9.53 Å². The molecule has 1 aliphatic rings. The van der Waals surface area contributed by atoms with Crippen molar-refractivity contribution in [3.05, 3.63) is 30.3 Å². The number of carbonyl (C=O) groups is 1. The van der Waals surface area contributed by atoms with Crippen molar-refractivity contribution in [1.82, 2.24) is 10.2 Å². The molecular formula is C18H28N2O3. The molecule has 23 heavy (non-hydrogen) atoms. The molecule has 0 aliphatic carbocycles. The van der Waals surface area contributed by atoms with Crippen LogP contribution in [0.1, 0.15) is 19.8 Å². The quantitative estimate of drug-likeness (QED) is 0.707. The van der Waals surface area contributed by atoms with Crippen LogP contribution in [0.3, 0.4) is 0 Å². The Labute approximate surface area is 139 Å². The molecule has 0 spiro atoms. The van der Waals surface area contributed by atoms with E-state index in [2.05, 4.69) is 12.2 Å². The number of nitrogens with one attached hydrogen (secondary N) is 1. The number of para-hydroxylation sites is 1. The zero-order chi connectivity index (χ0) is 16.3. The highest BCUT2D eigenvalue weighted by molar-refractivity contribution is 5.77. The summed E-state index contributed by atoms with van der Waals surface area (Å²) in [6.45, 7) is 6.93. The summed E-state index contributed by atoms with van der Waals surface area (Å²) in [6, 6.07) is 9.62. The predicted octanol–water partition coefficient (Wildman–Crippen LogP) is 1.93. The van der Waals surface area contributed by atoms with E-state index >= 15 is 0 Å². The molecule has 1 aromatic carbocycles. The van der Waals surface area contributed by atoms with Crippen molar-refractivity contribution < 1.29 is 14.3 Å². The second-order valence-electron chi connectivity index (χ2n) is 5.85. The van der Waals surface area contributed by atoms with Crippen LogP contribution < -0.4 is 10.1 Å². The lowest BCUT2D eigenvalue weighted by atomic mass is 9.97. The first kappa shape index (κ1) is 17.8. The van der Waals surface area contributed by atoms with Gasteiger partial charge in [0.05, 0.1) is 6.61 Å². The third kappa shape index (κ3) is 6.59. The van der Waals surface area contributed by atoms with Crippen LogP contribution in [0.5, 0.6) is 5.75 Å². The van der Waals surface area contributed by atoms with E-state index in [1.54, 1.807) is 0 Å². The molecule has 0 unspecified atom stereocenters.